The molecule has 1 aliphatic rings. The highest BCUT2D eigenvalue weighted by atomic mass is 35.5. The number of hydrogen-bond donors (Lipinski definition) is 1. The first-order chi connectivity index (χ1) is 14.2. The van der Waals surface area contributed by atoms with Gasteiger partial charge in [0.1, 0.15) is 0 Å². The lowest BCUT2D eigenvalue weighted by Crippen LogP contribution is -2.53. The zero-order valence-corrected chi connectivity index (χ0v) is 18.8. The maximum Gasteiger partial charge on any atom is 0.241 e. The summed E-state index contributed by atoms with van der Waals surface area (Å²) in [6.45, 7) is 3.36. The number of carbonyl (C=O) groups excluding carboxylic acids is 1. The Morgan fingerprint density at radius 2 is 1.63 bits per heavy atom. The summed E-state index contributed by atoms with van der Waals surface area (Å²) in [5.41, 5.74) is 1.35. The second-order valence-electron chi connectivity index (χ2n) is 7.02. The molecule has 9 heteroatoms. The number of carbonyl (C=O) groups is 1. The number of anilines is 1. The zero-order chi connectivity index (χ0) is 21.7. The molecule has 1 heterocycles. The smallest absolute Gasteiger partial charge is 0.241 e. The number of piperazine rings is 1. The molecule has 2 aromatic carbocycles. The highest BCUT2D eigenvalue weighted by molar-refractivity contribution is 7.92. The monoisotopic (exact) mass is 467 g/mol. The van der Waals surface area contributed by atoms with E-state index in [0.29, 0.717) is 41.9 Å². The van der Waals surface area contributed by atoms with E-state index in [9.17, 15) is 13.2 Å². The van der Waals surface area contributed by atoms with Crippen molar-refractivity contribution in [3.8, 4) is 0 Å². The molecule has 3 rings (SSSR count). The first kappa shape index (κ1) is 22.8. The van der Waals surface area contributed by atoms with Gasteiger partial charge in [-0.3, -0.25) is 9.69 Å². The van der Waals surface area contributed by atoms with Gasteiger partial charge in [0, 0.05) is 47.3 Å². The van der Waals surface area contributed by atoms with Gasteiger partial charge < -0.3 is 5.32 Å². The summed E-state index contributed by atoms with van der Waals surface area (Å²) in [6, 6.07) is 13.7. The largest absolute Gasteiger partial charge is 0.325 e. The molecule has 0 saturated carbocycles. The summed E-state index contributed by atoms with van der Waals surface area (Å²) in [4.78, 5) is 14.5. The fourth-order valence-corrected chi connectivity index (χ4v) is 4.90. The van der Waals surface area contributed by atoms with Crippen LogP contribution in [0.25, 0.3) is 6.08 Å². The van der Waals surface area contributed by atoms with Crippen LogP contribution in [0.1, 0.15) is 12.5 Å². The Bertz CT molecular complexity index is 1000. The van der Waals surface area contributed by atoms with Crippen molar-refractivity contribution in [2.75, 3.05) is 31.5 Å². The van der Waals surface area contributed by atoms with Crippen LogP contribution in [0, 0.1) is 0 Å². The Morgan fingerprint density at radius 3 is 2.23 bits per heavy atom. The van der Waals surface area contributed by atoms with Crippen LogP contribution < -0.4 is 5.32 Å². The molecule has 1 atom stereocenters. The van der Waals surface area contributed by atoms with Crippen LogP contribution in [-0.2, 0) is 14.8 Å². The number of nitrogens with zero attached hydrogens (tertiary/aromatic N) is 2. The topological polar surface area (TPSA) is 69.7 Å². The molecule has 1 amide bonds. The minimum absolute atomic E-state index is 0.200. The lowest BCUT2D eigenvalue weighted by atomic mass is 10.2. The summed E-state index contributed by atoms with van der Waals surface area (Å²) in [5.74, 6) is -0.200. The Labute approximate surface area is 187 Å². The number of benzene rings is 2. The first-order valence-electron chi connectivity index (χ1n) is 9.49. The third kappa shape index (κ3) is 6.06. The number of halogens is 2. The third-order valence-corrected chi connectivity index (χ3v) is 6.92. The van der Waals surface area contributed by atoms with Gasteiger partial charge in [-0.05, 0) is 36.8 Å². The maximum atomic E-state index is 12.6. The van der Waals surface area contributed by atoms with Crippen molar-refractivity contribution in [3.05, 3.63) is 69.5 Å². The van der Waals surface area contributed by atoms with Crippen molar-refractivity contribution in [2.45, 2.75) is 13.0 Å². The number of amides is 1. The molecule has 1 N–H and O–H groups in total. The molecule has 6 nitrogen and oxygen atoms in total. The van der Waals surface area contributed by atoms with Crippen LogP contribution in [0.15, 0.2) is 53.9 Å². The van der Waals surface area contributed by atoms with E-state index in [2.05, 4.69) is 5.32 Å². The summed E-state index contributed by atoms with van der Waals surface area (Å²) in [6.07, 6.45) is 1.59. The van der Waals surface area contributed by atoms with Gasteiger partial charge in [-0.15, -0.1) is 0 Å². The molecule has 1 unspecified atom stereocenters. The lowest BCUT2D eigenvalue weighted by molar-refractivity contribution is -0.121. The van der Waals surface area contributed by atoms with E-state index in [1.807, 2.05) is 35.2 Å². The average molecular weight is 468 g/mol. The van der Waals surface area contributed by atoms with Gasteiger partial charge in [-0.1, -0.05) is 53.5 Å². The van der Waals surface area contributed by atoms with E-state index >= 15 is 0 Å². The molecule has 160 valence electrons. The summed E-state index contributed by atoms with van der Waals surface area (Å²) in [5, 5.41) is 4.92. The second-order valence-corrected chi connectivity index (χ2v) is 9.71. The SMILES string of the molecule is CC(C(=O)Nc1cc(Cl)cc(Cl)c1)N1CCN(S(=O)(=O)/C=C/c2ccccc2)CC1. The number of hydrogen-bond acceptors (Lipinski definition) is 4. The predicted molar refractivity (Wildman–Crippen MR) is 122 cm³/mol. The predicted octanol–water partition coefficient (Wildman–Crippen LogP) is 3.94. The molecule has 1 aliphatic heterocycles. The van der Waals surface area contributed by atoms with Crippen molar-refractivity contribution < 1.29 is 13.2 Å². The minimum Gasteiger partial charge on any atom is -0.325 e. The van der Waals surface area contributed by atoms with Gasteiger partial charge >= 0.3 is 0 Å². The van der Waals surface area contributed by atoms with Crippen LogP contribution in [0.4, 0.5) is 5.69 Å². The van der Waals surface area contributed by atoms with Crippen LogP contribution in [-0.4, -0.2) is 55.8 Å². The average Bonchev–Trinajstić information content (AvgIpc) is 2.72. The zero-order valence-electron chi connectivity index (χ0n) is 16.5. The Kier molecular flexibility index (Phi) is 7.55. The van der Waals surface area contributed by atoms with Crippen molar-refractivity contribution in [2.24, 2.45) is 0 Å². The fourth-order valence-electron chi connectivity index (χ4n) is 3.20. The van der Waals surface area contributed by atoms with Crippen molar-refractivity contribution in [1.29, 1.82) is 0 Å². The number of sulfonamides is 1. The molecular formula is C21H23Cl2N3O3S. The van der Waals surface area contributed by atoms with Gasteiger partial charge in [-0.2, -0.15) is 4.31 Å². The van der Waals surface area contributed by atoms with E-state index in [0.717, 1.165) is 5.56 Å². The number of nitrogens with one attached hydrogen (secondary N) is 1. The second kappa shape index (κ2) is 9.94. The van der Waals surface area contributed by atoms with Crippen LogP contribution in [0.5, 0.6) is 0 Å². The normalized spacial score (nSPS) is 17.2. The maximum absolute atomic E-state index is 12.6. The van der Waals surface area contributed by atoms with E-state index in [1.165, 1.54) is 9.71 Å². The van der Waals surface area contributed by atoms with Gasteiger partial charge in [0.25, 0.3) is 0 Å². The Morgan fingerprint density at radius 1 is 1.03 bits per heavy atom. The lowest BCUT2D eigenvalue weighted by Gasteiger charge is -2.36. The fraction of sp³-hybridized carbons (Fsp3) is 0.286. The molecule has 0 bridgehead atoms. The quantitative estimate of drug-likeness (QED) is 0.698. The van der Waals surface area contributed by atoms with Crippen molar-refractivity contribution in [1.82, 2.24) is 9.21 Å². The van der Waals surface area contributed by atoms with Gasteiger partial charge in [-0.25, -0.2) is 8.42 Å². The molecule has 0 radical (unpaired) electrons. The standard InChI is InChI=1S/C21H23Cl2N3O3S/c1-16(21(27)24-20-14-18(22)13-19(23)15-20)25-8-10-26(11-9-25)30(28,29)12-7-17-5-3-2-4-6-17/h2-7,12-16H,8-11H2,1H3,(H,24,27)/b12-7+. The van der Waals surface area contributed by atoms with Gasteiger partial charge in [0.05, 0.1) is 6.04 Å². The minimum atomic E-state index is -3.51. The molecule has 0 aliphatic carbocycles. The van der Waals surface area contributed by atoms with Crippen LogP contribution in [0.3, 0.4) is 0 Å². The van der Waals surface area contributed by atoms with Crippen molar-refractivity contribution >= 4 is 50.9 Å². The van der Waals surface area contributed by atoms with Crippen LogP contribution >= 0.6 is 23.2 Å². The summed E-state index contributed by atoms with van der Waals surface area (Å²) in [7, 11) is -3.51. The molecular weight excluding hydrogens is 445 g/mol. The Hall–Kier alpha value is -1.90. The van der Waals surface area contributed by atoms with E-state index < -0.39 is 16.1 Å². The summed E-state index contributed by atoms with van der Waals surface area (Å²) < 4.78 is 26.6. The molecule has 0 spiro atoms. The molecule has 30 heavy (non-hydrogen) atoms. The molecule has 0 aromatic heterocycles. The van der Waals surface area contributed by atoms with E-state index in [-0.39, 0.29) is 5.91 Å². The number of rotatable bonds is 6. The first-order valence-corrected chi connectivity index (χ1v) is 11.7. The van der Waals surface area contributed by atoms with E-state index in [4.69, 9.17) is 23.2 Å². The van der Waals surface area contributed by atoms with Crippen LogP contribution in [0.2, 0.25) is 10.0 Å². The molecule has 1 fully saturated rings. The van der Waals surface area contributed by atoms with Crippen molar-refractivity contribution in [3.63, 3.8) is 0 Å². The Balaban J connectivity index is 1.56. The van der Waals surface area contributed by atoms with E-state index in [1.54, 1.807) is 31.2 Å². The highest BCUT2D eigenvalue weighted by Crippen LogP contribution is 2.23. The third-order valence-electron chi connectivity index (χ3n) is 4.92. The highest BCUT2D eigenvalue weighted by Gasteiger charge is 2.29. The molecule has 2 aromatic rings. The van der Waals surface area contributed by atoms with Gasteiger partial charge in [0.15, 0.2) is 0 Å². The summed E-state index contributed by atoms with van der Waals surface area (Å²) >= 11 is 11.9. The van der Waals surface area contributed by atoms with Gasteiger partial charge in [0.2, 0.25) is 15.9 Å². The molecule has 1 saturated heterocycles.